The van der Waals surface area contributed by atoms with Crippen LogP contribution in [0.3, 0.4) is 0 Å². The summed E-state index contributed by atoms with van der Waals surface area (Å²) in [5.41, 5.74) is -0.220. The predicted molar refractivity (Wildman–Crippen MR) is 69.7 cm³/mol. The zero-order chi connectivity index (χ0) is 13.8. The van der Waals surface area contributed by atoms with Gasteiger partial charge in [0, 0.05) is 19.2 Å². The average molecular weight is 268 g/mol. The van der Waals surface area contributed by atoms with Gasteiger partial charge >= 0.3 is 0 Å². The molecule has 5 nitrogen and oxygen atoms in total. The van der Waals surface area contributed by atoms with Gasteiger partial charge in [-0.05, 0) is 31.7 Å². The molecule has 2 rings (SSSR count). The Morgan fingerprint density at radius 1 is 1.37 bits per heavy atom. The minimum atomic E-state index is -0.580. The predicted octanol–water partition coefficient (Wildman–Crippen LogP) is 3.10. The molecule has 1 fully saturated rings. The summed E-state index contributed by atoms with van der Waals surface area (Å²) < 4.78 is 19.0. The second-order valence-corrected chi connectivity index (χ2v) is 4.74. The van der Waals surface area contributed by atoms with E-state index in [-0.39, 0.29) is 23.5 Å². The normalized spacial score (nSPS) is 23.1. The minimum absolute atomic E-state index is 0.00614. The lowest BCUT2D eigenvalue weighted by atomic mass is 9.92. The molecule has 0 heterocycles. The molecule has 1 aromatic carbocycles. The number of nitro benzene ring substituents is 1. The summed E-state index contributed by atoms with van der Waals surface area (Å²) in [4.78, 5) is 10.3. The number of nitrogens with zero attached hydrogens (tertiary/aromatic N) is 1. The summed E-state index contributed by atoms with van der Waals surface area (Å²) in [6.07, 6.45) is 3.66. The van der Waals surface area contributed by atoms with Crippen molar-refractivity contribution < 1.29 is 14.1 Å². The highest BCUT2D eigenvalue weighted by molar-refractivity contribution is 5.62. The van der Waals surface area contributed by atoms with Gasteiger partial charge in [0.05, 0.1) is 11.0 Å². The summed E-state index contributed by atoms with van der Waals surface area (Å²) in [7, 11) is 1.68. The summed E-state index contributed by atoms with van der Waals surface area (Å²) in [6, 6.07) is 3.95. The van der Waals surface area contributed by atoms with Crippen molar-refractivity contribution in [1.82, 2.24) is 0 Å². The van der Waals surface area contributed by atoms with Crippen molar-refractivity contribution in [1.29, 1.82) is 0 Å². The summed E-state index contributed by atoms with van der Waals surface area (Å²) >= 11 is 0. The topological polar surface area (TPSA) is 64.4 Å². The van der Waals surface area contributed by atoms with Gasteiger partial charge in [-0.3, -0.25) is 10.1 Å². The van der Waals surface area contributed by atoms with E-state index in [1.54, 1.807) is 7.11 Å². The van der Waals surface area contributed by atoms with Crippen molar-refractivity contribution in [2.45, 2.75) is 37.8 Å². The lowest BCUT2D eigenvalue weighted by Gasteiger charge is -2.28. The number of nitrogens with one attached hydrogen (secondary N) is 1. The fourth-order valence-electron chi connectivity index (χ4n) is 2.45. The van der Waals surface area contributed by atoms with Crippen molar-refractivity contribution in [3.63, 3.8) is 0 Å². The quantitative estimate of drug-likeness (QED) is 0.673. The van der Waals surface area contributed by atoms with E-state index in [1.165, 1.54) is 18.2 Å². The number of hydrogen-bond donors (Lipinski definition) is 1. The highest BCUT2D eigenvalue weighted by Gasteiger charge is 2.25. The van der Waals surface area contributed by atoms with Gasteiger partial charge in [0.25, 0.3) is 5.69 Å². The van der Waals surface area contributed by atoms with Gasteiger partial charge in [-0.15, -0.1) is 0 Å². The average Bonchev–Trinajstić information content (AvgIpc) is 2.41. The first-order valence-electron chi connectivity index (χ1n) is 6.34. The molecule has 1 aromatic rings. The lowest BCUT2D eigenvalue weighted by Crippen LogP contribution is -2.29. The molecule has 1 saturated carbocycles. The first-order chi connectivity index (χ1) is 9.11. The van der Waals surface area contributed by atoms with E-state index in [0.717, 1.165) is 25.7 Å². The maximum Gasteiger partial charge on any atom is 0.295 e. The maximum absolute atomic E-state index is 13.7. The molecule has 1 N–H and O–H groups in total. The second-order valence-electron chi connectivity index (χ2n) is 4.74. The highest BCUT2D eigenvalue weighted by Crippen LogP contribution is 2.31. The Hall–Kier alpha value is -1.69. The van der Waals surface area contributed by atoms with E-state index < -0.39 is 10.7 Å². The number of methoxy groups -OCH3 is 1. The standard InChI is InChI=1S/C13H17FN2O3/c1-19-10-7-5-9(6-8-10)15-13-11(14)3-2-4-12(13)16(17)18/h2-4,9-10,15H,5-8H2,1H3. The number of rotatable bonds is 4. The Morgan fingerprint density at radius 2 is 2.05 bits per heavy atom. The first kappa shape index (κ1) is 13.7. The van der Waals surface area contributed by atoms with Gasteiger partial charge in [0.1, 0.15) is 5.69 Å². The Morgan fingerprint density at radius 3 is 2.63 bits per heavy atom. The van der Waals surface area contributed by atoms with Gasteiger partial charge in [0.2, 0.25) is 0 Å². The van der Waals surface area contributed by atoms with Gasteiger partial charge < -0.3 is 10.1 Å². The Bertz CT molecular complexity index is 459. The van der Waals surface area contributed by atoms with Crippen LogP contribution in [-0.2, 0) is 4.74 Å². The number of anilines is 1. The minimum Gasteiger partial charge on any atom is -0.381 e. The van der Waals surface area contributed by atoms with Gasteiger partial charge in [-0.1, -0.05) is 6.07 Å². The summed E-state index contributed by atoms with van der Waals surface area (Å²) in [5.74, 6) is -0.580. The smallest absolute Gasteiger partial charge is 0.295 e. The Kier molecular flexibility index (Phi) is 4.31. The van der Waals surface area contributed by atoms with E-state index in [4.69, 9.17) is 4.74 Å². The molecule has 0 atom stereocenters. The third-order valence-corrected chi connectivity index (χ3v) is 3.54. The molecular formula is C13H17FN2O3. The number of para-hydroxylation sites is 1. The van der Waals surface area contributed by atoms with Crippen LogP contribution < -0.4 is 5.32 Å². The molecule has 0 bridgehead atoms. The number of benzene rings is 1. The number of hydrogen-bond acceptors (Lipinski definition) is 4. The molecule has 0 amide bonds. The molecule has 0 aliphatic heterocycles. The summed E-state index contributed by atoms with van der Waals surface area (Å²) in [6.45, 7) is 0. The van der Waals surface area contributed by atoms with Crippen LogP contribution in [0.15, 0.2) is 18.2 Å². The molecule has 0 unspecified atom stereocenters. The van der Waals surface area contributed by atoms with Crippen LogP contribution in [0.1, 0.15) is 25.7 Å². The van der Waals surface area contributed by atoms with E-state index in [9.17, 15) is 14.5 Å². The molecule has 0 saturated heterocycles. The number of ether oxygens (including phenoxy) is 1. The fraction of sp³-hybridized carbons (Fsp3) is 0.538. The molecule has 0 radical (unpaired) electrons. The molecular weight excluding hydrogens is 251 g/mol. The molecule has 0 spiro atoms. The number of halogens is 1. The zero-order valence-corrected chi connectivity index (χ0v) is 10.8. The van der Waals surface area contributed by atoms with Crippen molar-refractivity contribution in [2.75, 3.05) is 12.4 Å². The van der Waals surface area contributed by atoms with Crippen LogP contribution in [0, 0.1) is 15.9 Å². The third-order valence-electron chi connectivity index (χ3n) is 3.54. The van der Waals surface area contributed by atoms with E-state index >= 15 is 0 Å². The van der Waals surface area contributed by atoms with Gasteiger partial charge in [0.15, 0.2) is 5.82 Å². The molecule has 0 aromatic heterocycles. The van der Waals surface area contributed by atoms with E-state index in [2.05, 4.69) is 5.32 Å². The zero-order valence-electron chi connectivity index (χ0n) is 10.8. The fourth-order valence-corrected chi connectivity index (χ4v) is 2.45. The maximum atomic E-state index is 13.7. The van der Waals surface area contributed by atoms with Crippen molar-refractivity contribution in [3.8, 4) is 0 Å². The van der Waals surface area contributed by atoms with Crippen molar-refractivity contribution >= 4 is 11.4 Å². The summed E-state index contributed by atoms with van der Waals surface area (Å²) in [5, 5.41) is 13.9. The Labute approximate surface area is 110 Å². The number of nitro groups is 1. The van der Waals surface area contributed by atoms with Crippen LogP contribution in [0.5, 0.6) is 0 Å². The highest BCUT2D eigenvalue weighted by atomic mass is 19.1. The first-order valence-corrected chi connectivity index (χ1v) is 6.34. The van der Waals surface area contributed by atoms with Crippen molar-refractivity contribution in [3.05, 3.63) is 34.1 Å². The van der Waals surface area contributed by atoms with Gasteiger partial charge in [-0.2, -0.15) is 0 Å². The molecule has 1 aliphatic rings. The Balaban J connectivity index is 2.09. The van der Waals surface area contributed by atoms with Crippen LogP contribution in [-0.4, -0.2) is 24.2 Å². The largest absolute Gasteiger partial charge is 0.381 e. The van der Waals surface area contributed by atoms with E-state index in [1.807, 2.05) is 0 Å². The lowest BCUT2D eigenvalue weighted by molar-refractivity contribution is -0.384. The van der Waals surface area contributed by atoms with E-state index in [0.29, 0.717) is 0 Å². The molecule has 19 heavy (non-hydrogen) atoms. The van der Waals surface area contributed by atoms with Crippen molar-refractivity contribution in [2.24, 2.45) is 0 Å². The molecule has 6 heteroatoms. The SMILES string of the molecule is COC1CCC(Nc2c(F)cccc2[N+](=O)[O-])CC1. The van der Waals surface area contributed by atoms with Crippen LogP contribution >= 0.6 is 0 Å². The molecule has 104 valence electrons. The van der Waals surface area contributed by atoms with Crippen LogP contribution in [0.25, 0.3) is 0 Å². The molecule has 1 aliphatic carbocycles. The monoisotopic (exact) mass is 268 g/mol. The third kappa shape index (κ3) is 3.20. The van der Waals surface area contributed by atoms with Gasteiger partial charge in [-0.25, -0.2) is 4.39 Å². The van der Waals surface area contributed by atoms with Crippen LogP contribution in [0.2, 0.25) is 0 Å². The van der Waals surface area contributed by atoms with Crippen LogP contribution in [0.4, 0.5) is 15.8 Å². The second kappa shape index (κ2) is 5.97.